The highest BCUT2D eigenvalue weighted by molar-refractivity contribution is 7.10. The van der Waals surface area contributed by atoms with Crippen molar-refractivity contribution in [1.82, 2.24) is 10.6 Å². The van der Waals surface area contributed by atoms with E-state index in [1.165, 1.54) is 13.0 Å². The molecule has 1 aromatic rings. The van der Waals surface area contributed by atoms with E-state index < -0.39 is 0 Å². The van der Waals surface area contributed by atoms with Crippen LogP contribution in [0.25, 0.3) is 6.08 Å². The molecule has 1 heterocycles. The molecule has 1 aromatic heterocycles. The number of carbonyl (C=O) groups excluding carboxylic acids is 2. The second-order valence-electron chi connectivity index (χ2n) is 3.12. The van der Waals surface area contributed by atoms with Crippen LogP contribution in [0.3, 0.4) is 0 Å². The van der Waals surface area contributed by atoms with Gasteiger partial charge in [-0.25, -0.2) is 0 Å². The molecule has 16 heavy (non-hydrogen) atoms. The lowest BCUT2D eigenvalue weighted by atomic mass is 10.4. The second-order valence-corrected chi connectivity index (χ2v) is 4.10. The average Bonchev–Trinajstić information content (AvgIpc) is 2.74. The van der Waals surface area contributed by atoms with Crippen molar-refractivity contribution in [3.63, 3.8) is 0 Å². The van der Waals surface area contributed by atoms with E-state index in [0.717, 1.165) is 4.88 Å². The third-order valence-corrected chi connectivity index (χ3v) is 2.58. The van der Waals surface area contributed by atoms with Crippen LogP contribution in [0.1, 0.15) is 11.8 Å². The minimum Gasteiger partial charge on any atom is -0.355 e. The summed E-state index contributed by atoms with van der Waals surface area (Å²) in [6.45, 7) is 2.33. The van der Waals surface area contributed by atoms with Crippen LogP contribution in [0.5, 0.6) is 0 Å². The van der Waals surface area contributed by atoms with Crippen LogP contribution < -0.4 is 10.6 Å². The molecular formula is C11H14N2O2S. The lowest BCUT2D eigenvalue weighted by Gasteiger charge is -2.02. The summed E-state index contributed by atoms with van der Waals surface area (Å²) in [7, 11) is 0. The molecule has 0 unspecified atom stereocenters. The Morgan fingerprint density at radius 2 is 2.12 bits per heavy atom. The average molecular weight is 238 g/mol. The van der Waals surface area contributed by atoms with Crippen LogP contribution in [0.15, 0.2) is 23.6 Å². The fourth-order valence-corrected chi connectivity index (χ4v) is 1.65. The molecule has 0 spiro atoms. The molecule has 0 aliphatic rings. The zero-order valence-electron chi connectivity index (χ0n) is 9.03. The molecular weight excluding hydrogens is 224 g/mol. The maximum Gasteiger partial charge on any atom is 0.244 e. The van der Waals surface area contributed by atoms with Gasteiger partial charge < -0.3 is 10.6 Å². The zero-order valence-corrected chi connectivity index (χ0v) is 9.84. The van der Waals surface area contributed by atoms with Crippen molar-refractivity contribution < 1.29 is 9.59 Å². The van der Waals surface area contributed by atoms with Crippen molar-refractivity contribution in [3.05, 3.63) is 28.5 Å². The fraction of sp³-hybridized carbons (Fsp3) is 0.273. The predicted octanol–water partition coefficient (Wildman–Crippen LogP) is 1.01. The third kappa shape index (κ3) is 5.31. The molecule has 5 heteroatoms. The lowest BCUT2D eigenvalue weighted by molar-refractivity contribution is -0.119. The Balaban J connectivity index is 2.18. The molecule has 0 aliphatic heterocycles. The van der Waals surface area contributed by atoms with E-state index in [4.69, 9.17) is 0 Å². The van der Waals surface area contributed by atoms with Crippen molar-refractivity contribution in [1.29, 1.82) is 0 Å². The van der Waals surface area contributed by atoms with Crippen molar-refractivity contribution in [3.8, 4) is 0 Å². The third-order valence-electron chi connectivity index (χ3n) is 1.74. The van der Waals surface area contributed by atoms with Gasteiger partial charge in [0.2, 0.25) is 11.8 Å². The van der Waals surface area contributed by atoms with Crippen LogP contribution in [0, 0.1) is 0 Å². The standard InChI is InChI=1S/C11H14N2O2S/c1-9(14)12-6-7-13-11(15)5-4-10-3-2-8-16-10/h2-5,8H,6-7H2,1H3,(H,12,14)(H,13,15). The molecule has 2 amide bonds. The fourth-order valence-electron chi connectivity index (χ4n) is 1.03. The summed E-state index contributed by atoms with van der Waals surface area (Å²) < 4.78 is 0. The molecule has 0 saturated carbocycles. The molecule has 4 nitrogen and oxygen atoms in total. The molecule has 86 valence electrons. The minimum absolute atomic E-state index is 0.0941. The van der Waals surface area contributed by atoms with Gasteiger partial charge in [-0.05, 0) is 17.5 Å². The monoisotopic (exact) mass is 238 g/mol. The maximum atomic E-state index is 11.3. The van der Waals surface area contributed by atoms with Gasteiger partial charge >= 0.3 is 0 Å². The topological polar surface area (TPSA) is 58.2 Å². The van der Waals surface area contributed by atoms with E-state index in [1.807, 2.05) is 17.5 Å². The Morgan fingerprint density at radius 3 is 2.75 bits per heavy atom. The maximum absolute atomic E-state index is 11.3. The molecule has 2 N–H and O–H groups in total. The highest BCUT2D eigenvalue weighted by atomic mass is 32.1. The number of hydrogen-bond donors (Lipinski definition) is 2. The summed E-state index contributed by atoms with van der Waals surface area (Å²) in [5.74, 6) is -0.248. The van der Waals surface area contributed by atoms with E-state index in [1.54, 1.807) is 17.4 Å². The summed E-state index contributed by atoms with van der Waals surface area (Å²) in [6.07, 6.45) is 3.25. The highest BCUT2D eigenvalue weighted by Crippen LogP contribution is 2.09. The zero-order chi connectivity index (χ0) is 11.8. The van der Waals surface area contributed by atoms with Gasteiger partial charge in [0.25, 0.3) is 0 Å². The Bertz CT molecular complexity index is 371. The van der Waals surface area contributed by atoms with Gasteiger partial charge in [0.1, 0.15) is 0 Å². The smallest absolute Gasteiger partial charge is 0.244 e. The van der Waals surface area contributed by atoms with Crippen LogP contribution in [-0.2, 0) is 9.59 Å². The summed E-state index contributed by atoms with van der Waals surface area (Å²) in [5.41, 5.74) is 0. The molecule has 0 fully saturated rings. The SMILES string of the molecule is CC(=O)NCCNC(=O)C=Cc1cccs1. The van der Waals surface area contributed by atoms with Gasteiger partial charge in [0, 0.05) is 31.0 Å². The van der Waals surface area contributed by atoms with Crippen LogP contribution in [0.2, 0.25) is 0 Å². The second kappa shape index (κ2) is 6.79. The number of nitrogens with one attached hydrogen (secondary N) is 2. The number of hydrogen-bond acceptors (Lipinski definition) is 3. The van der Waals surface area contributed by atoms with Crippen molar-refractivity contribution >= 4 is 29.2 Å². The molecule has 0 saturated heterocycles. The van der Waals surface area contributed by atoms with Gasteiger partial charge in [-0.3, -0.25) is 9.59 Å². The summed E-state index contributed by atoms with van der Waals surface area (Å²) >= 11 is 1.57. The number of amides is 2. The van der Waals surface area contributed by atoms with Crippen LogP contribution >= 0.6 is 11.3 Å². The van der Waals surface area contributed by atoms with E-state index in [-0.39, 0.29) is 11.8 Å². The number of carbonyl (C=O) groups is 2. The van der Waals surface area contributed by atoms with Crippen LogP contribution in [0.4, 0.5) is 0 Å². The van der Waals surface area contributed by atoms with Gasteiger partial charge in [0.05, 0.1) is 0 Å². The molecule has 0 aromatic carbocycles. The van der Waals surface area contributed by atoms with E-state index in [2.05, 4.69) is 10.6 Å². The normalized spacial score (nSPS) is 10.3. The van der Waals surface area contributed by atoms with E-state index in [9.17, 15) is 9.59 Å². The van der Waals surface area contributed by atoms with Gasteiger partial charge in [0.15, 0.2) is 0 Å². The Hall–Kier alpha value is -1.62. The van der Waals surface area contributed by atoms with Gasteiger partial charge in [-0.15, -0.1) is 11.3 Å². The number of rotatable bonds is 5. The largest absolute Gasteiger partial charge is 0.355 e. The van der Waals surface area contributed by atoms with Gasteiger partial charge in [-0.2, -0.15) is 0 Å². The molecule has 0 radical (unpaired) electrons. The van der Waals surface area contributed by atoms with Crippen molar-refractivity contribution in [2.24, 2.45) is 0 Å². The summed E-state index contributed by atoms with van der Waals surface area (Å²) in [6, 6.07) is 3.87. The minimum atomic E-state index is -0.154. The highest BCUT2D eigenvalue weighted by Gasteiger charge is 1.95. The molecule has 0 aliphatic carbocycles. The first-order valence-electron chi connectivity index (χ1n) is 4.92. The van der Waals surface area contributed by atoms with E-state index in [0.29, 0.717) is 13.1 Å². The molecule has 0 bridgehead atoms. The van der Waals surface area contributed by atoms with Crippen molar-refractivity contribution in [2.75, 3.05) is 13.1 Å². The summed E-state index contributed by atoms with van der Waals surface area (Å²) in [4.78, 5) is 22.8. The molecule has 0 atom stereocenters. The first-order valence-corrected chi connectivity index (χ1v) is 5.80. The first-order chi connectivity index (χ1) is 7.68. The number of thiophene rings is 1. The molecule has 1 rings (SSSR count). The van der Waals surface area contributed by atoms with Gasteiger partial charge in [-0.1, -0.05) is 6.07 Å². The summed E-state index contributed by atoms with van der Waals surface area (Å²) in [5, 5.41) is 7.21. The first kappa shape index (κ1) is 12.4. The Kier molecular flexibility index (Phi) is 5.28. The van der Waals surface area contributed by atoms with Crippen molar-refractivity contribution in [2.45, 2.75) is 6.92 Å². The van der Waals surface area contributed by atoms with E-state index >= 15 is 0 Å². The Labute approximate surface area is 98.4 Å². The van der Waals surface area contributed by atoms with Crippen LogP contribution in [-0.4, -0.2) is 24.9 Å². The quantitative estimate of drug-likeness (QED) is 0.594. The Morgan fingerprint density at radius 1 is 1.38 bits per heavy atom. The lowest BCUT2D eigenvalue weighted by Crippen LogP contribution is -2.32. The predicted molar refractivity (Wildman–Crippen MR) is 65.0 cm³/mol.